The van der Waals surface area contributed by atoms with E-state index in [1.165, 1.54) is 0 Å². The number of benzene rings is 1. The summed E-state index contributed by atoms with van der Waals surface area (Å²) >= 11 is 0. The first-order chi connectivity index (χ1) is 7.66. The molecule has 0 aliphatic carbocycles. The molecule has 3 nitrogen and oxygen atoms in total. The van der Waals surface area contributed by atoms with Gasteiger partial charge < -0.3 is 5.73 Å². The summed E-state index contributed by atoms with van der Waals surface area (Å²) in [4.78, 5) is 16.0. The second-order valence-corrected chi connectivity index (χ2v) is 4.02. The van der Waals surface area contributed by atoms with E-state index in [0.29, 0.717) is 12.0 Å². The van der Waals surface area contributed by atoms with Crippen molar-refractivity contribution < 1.29 is 4.79 Å². The highest BCUT2D eigenvalue weighted by Gasteiger charge is 2.09. The van der Waals surface area contributed by atoms with Crippen LogP contribution in [-0.2, 0) is 0 Å². The molecule has 2 aromatic rings. The summed E-state index contributed by atoms with van der Waals surface area (Å²) in [6.45, 7) is 1.83. The highest BCUT2D eigenvalue weighted by Crippen LogP contribution is 2.14. The smallest absolute Gasteiger partial charge is 0.165 e. The van der Waals surface area contributed by atoms with E-state index in [1.54, 1.807) is 6.20 Å². The molecule has 0 saturated carbocycles. The van der Waals surface area contributed by atoms with Gasteiger partial charge in [-0.1, -0.05) is 18.2 Å². The first-order valence-electron chi connectivity index (χ1n) is 5.30. The molecule has 0 aliphatic rings. The highest BCUT2D eigenvalue weighted by atomic mass is 16.1. The third-order valence-electron chi connectivity index (χ3n) is 2.42. The number of nitrogens with zero attached hydrogens (tertiary/aromatic N) is 1. The van der Waals surface area contributed by atoms with Crippen LogP contribution >= 0.6 is 0 Å². The topological polar surface area (TPSA) is 56.0 Å². The lowest BCUT2D eigenvalue weighted by Gasteiger charge is -2.04. The molecule has 0 bridgehead atoms. The van der Waals surface area contributed by atoms with E-state index in [1.807, 2.05) is 37.3 Å². The van der Waals surface area contributed by atoms with Crippen LogP contribution < -0.4 is 5.73 Å². The Morgan fingerprint density at radius 2 is 2.19 bits per heavy atom. The third kappa shape index (κ3) is 2.25. The number of fused-ring (bicyclic) bond motifs is 1. The van der Waals surface area contributed by atoms with Gasteiger partial charge in [-0.2, -0.15) is 0 Å². The lowest BCUT2D eigenvalue weighted by Crippen LogP contribution is -2.19. The van der Waals surface area contributed by atoms with Gasteiger partial charge in [0, 0.05) is 29.6 Å². The fraction of sp³-hybridized carbons (Fsp3) is 0.231. The maximum Gasteiger partial charge on any atom is 0.165 e. The van der Waals surface area contributed by atoms with Crippen molar-refractivity contribution in [1.82, 2.24) is 4.98 Å². The Hall–Kier alpha value is -1.74. The number of para-hydroxylation sites is 1. The fourth-order valence-electron chi connectivity index (χ4n) is 1.63. The number of carbonyl (C=O) groups is 1. The summed E-state index contributed by atoms with van der Waals surface area (Å²) < 4.78 is 0. The van der Waals surface area contributed by atoms with Gasteiger partial charge in [-0.3, -0.25) is 9.78 Å². The minimum Gasteiger partial charge on any atom is -0.328 e. The molecule has 2 N–H and O–H groups in total. The van der Waals surface area contributed by atoms with Gasteiger partial charge in [0.1, 0.15) is 0 Å². The number of ketones is 1. The summed E-state index contributed by atoms with van der Waals surface area (Å²) in [7, 11) is 0. The van der Waals surface area contributed by atoms with Gasteiger partial charge in [0.15, 0.2) is 5.78 Å². The molecule has 0 spiro atoms. The average molecular weight is 214 g/mol. The van der Waals surface area contributed by atoms with E-state index in [2.05, 4.69) is 4.98 Å². The Bertz CT molecular complexity index is 520. The minimum absolute atomic E-state index is 0.0493. The van der Waals surface area contributed by atoms with E-state index in [0.717, 1.165) is 10.9 Å². The molecule has 3 heteroatoms. The van der Waals surface area contributed by atoms with Crippen molar-refractivity contribution in [3.05, 3.63) is 42.1 Å². The summed E-state index contributed by atoms with van der Waals surface area (Å²) in [6, 6.07) is 9.49. The monoisotopic (exact) mass is 214 g/mol. The zero-order chi connectivity index (χ0) is 11.5. The van der Waals surface area contributed by atoms with E-state index in [-0.39, 0.29) is 11.8 Å². The summed E-state index contributed by atoms with van der Waals surface area (Å²) in [5, 5.41) is 0.984. The normalized spacial score (nSPS) is 12.6. The van der Waals surface area contributed by atoms with Gasteiger partial charge >= 0.3 is 0 Å². The van der Waals surface area contributed by atoms with Crippen LogP contribution in [0.4, 0.5) is 0 Å². The lowest BCUT2D eigenvalue weighted by molar-refractivity contribution is 0.0976. The number of aromatic nitrogens is 1. The first-order valence-corrected chi connectivity index (χ1v) is 5.30. The number of Topliss-reactive ketones (excluding diaryl/α,β-unsaturated/α-hetero) is 1. The van der Waals surface area contributed by atoms with Crippen molar-refractivity contribution in [3.8, 4) is 0 Å². The summed E-state index contributed by atoms with van der Waals surface area (Å²) in [5.74, 6) is 0.0493. The SMILES string of the molecule is CC(N)CC(=O)c1cnc2ccccc2c1. The van der Waals surface area contributed by atoms with E-state index >= 15 is 0 Å². The maximum atomic E-state index is 11.8. The van der Waals surface area contributed by atoms with Gasteiger partial charge in [-0.05, 0) is 19.1 Å². The van der Waals surface area contributed by atoms with E-state index < -0.39 is 0 Å². The van der Waals surface area contributed by atoms with Gasteiger partial charge in [-0.25, -0.2) is 0 Å². The molecule has 1 aromatic carbocycles. The summed E-state index contributed by atoms with van der Waals surface area (Å²) in [5.41, 5.74) is 7.14. The zero-order valence-corrected chi connectivity index (χ0v) is 9.18. The van der Waals surface area contributed by atoms with Gasteiger partial charge in [-0.15, -0.1) is 0 Å². The Morgan fingerprint density at radius 1 is 1.44 bits per heavy atom. The molecule has 1 unspecified atom stereocenters. The molecule has 1 aromatic heterocycles. The van der Waals surface area contributed by atoms with Gasteiger partial charge in [0.05, 0.1) is 5.52 Å². The van der Waals surface area contributed by atoms with Crippen LogP contribution in [-0.4, -0.2) is 16.8 Å². The lowest BCUT2D eigenvalue weighted by atomic mass is 10.0. The number of hydrogen-bond acceptors (Lipinski definition) is 3. The van der Waals surface area contributed by atoms with Gasteiger partial charge in [0.25, 0.3) is 0 Å². The molecule has 2 rings (SSSR count). The Labute approximate surface area is 94.3 Å². The predicted molar refractivity (Wildman–Crippen MR) is 64.3 cm³/mol. The van der Waals surface area contributed by atoms with Crippen molar-refractivity contribution in [2.24, 2.45) is 5.73 Å². The van der Waals surface area contributed by atoms with Crippen molar-refractivity contribution >= 4 is 16.7 Å². The van der Waals surface area contributed by atoms with Crippen molar-refractivity contribution in [1.29, 1.82) is 0 Å². The van der Waals surface area contributed by atoms with Crippen molar-refractivity contribution in [3.63, 3.8) is 0 Å². The quantitative estimate of drug-likeness (QED) is 0.796. The highest BCUT2D eigenvalue weighted by molar-refractivity contribution is 5.99. The molecule has 0 aliphatic heterocycles. The zero-order valence-electron chi connectivity index (χ0n) is 9.18. The predicted octanol–water partition coefficient (Wildman–Crippen LogP) is 2.15. The standard InChI is InChI=1S/C13H14N2O/c1-9(14)6-13(16)11-7-10-4-2-3-5-12(10)15-8-11/h2-5,7-9H,6,14H2,1H3. The number of rotatable bonds is 3. The maximum absolute atomic E-state index is 11.8. The van der Waals surface area contributed by atoms with Crippen molar-refractivity contribution in [2.45, 2.75) is 19.4 Å². The molecule has 1 heterocycles. The largest absolute Gasteiger partial charge is 0.328 e. The molecule has 0 saturated heterocycles. The molecule has 1 atom stereocenters. The average Bonchev–Trinajstić information content (AvgIpc) is 2.27. The van der Waals surface area contributed by atoms with E-state index in [9.17, 15) is 4.79 Å². The summed E-state index contributed by atoms with van der Waals surface area (Å²) in [6.07, 6.45) is 1.98. The van der Waals surface area contributed by atoms with Crippen LogP contribution in [0.15, 0.2) is 36.5 Å². The molecule has 0 amide bonds. The van der Waals surface area contributed by atoms with Crippen LogP contribution in [0.2, 0.25) is 0 Å². The van der Waals surface area contributed by atoms with Crippen molar-refractivity contribution in [2.75, 3.05) is 0 Å². The van der Waals surface area contributed by atoms with Crippen LogP contribution in [0.25, 0.3) is 10.9 Å². The number of pyridine rings is 1. The molecule has 0 fully saturated rings. The second kappa shape index (κ2) is 4.41. The molecular formula is C13H14N2O. The first kappa shape index (κ1) is 10.8. The van der Waals surface area contributed by atoms with Gasteiger partial charge in [0.2, 0.25) is 0 Å². The Kier molecular flexibility index (Phi) is 2.97. The molecule has 82 valence electrons. The molecule has 16 heavy (non-hydrogen) atoms. The van der Waals surface area contributed by atoms with Crippen LogP contribution in [0.1, 0.15) is 23.7 Å². The second-order valence-electron chi connectivity index (χ2n) is 4.02. The molecular weight excluding hydrogens is 200 g/mol. The molecule has 0 radical (unpaired) electrons. The number of nitrogens with two attached hydrogens (primary N) is 1. The van der Waals surface area contributed by atoms with Crippen LogP contribution in [0.3, 0.4) is 0 Å². The van der Waals surface area contributed by atoms with E-state index in [4.69, 9.17) is 5.73 Å². The fourth-order valence-corrected chi connectivity index (χ4v) is 1.63. The van der Waals surface area contributed by atoms with Crippen LogP contribution in [0, 0.1) is 0 Å². The Morgan fingerprint density at radius 3 is 2.94 bits per heavy atom. The minimum atomic E-state index is -0.112. The number of carbonyl (C=O) groups excluding carboxylic acids is 1. The van der Waals surface area contributed by atoms with Crippen LogP contribution in [0.5, 0.6) is 0 Å². The third-order valence-corrected chi connectivity index (χ3v) is 2.42. The Balaban J connectivity index is 2.35. The number of hydrogen-bond donors (Lipinski definition) is 1.